The molecule has 0 saturated carbocycles. The van der Waals surface area contributed by atoms with Crippen molar-refractivity contribution in [1.29, 1.82) is 0 Å². The number of aromatic nitrogens is 5. The van der Waals surface area contributed by atoms with Crippen molar-refractivity contribution in [3.63, 3.8) is 0 Å². The molecule has 5 heterocycles. The number of rotatable bonds is 4. The van der Waals surface area contributed by atoms with E-state index < -0.39 is 24.7 Å². The molecule has 1 spiro atoms. The molecule has 0 aromatic carbocycles. The van der Waals surface area contributed by atoms with Gasteiger partial charge in [0.05, 0.1) is 17.1 Å². The van der Waals surface area contributed by atoms with E-state index in [0.717, 1.165) is 23.0 Å². The van der Waals surface area contributed by atoms with E-state index in [-0.39, 0.29) is 30.1 Å². The number of hydrogen-bond acceptors (Lipinski definition) is 6. The third-order valence-corrected chi connectivity index (χ3v) is 6.45. The zero-order valence-corrected chi connectivity index (χ0v) is 17.8. The lowest BCUT2D eigenvalue weighted by atomic mass is 9.77. The second-order valence-electron chi connectivity index (χ2n) is 8.71. The second-order valence-corrected chi connectivity index (χ2v) is 8.71. The summed E-state index contributed by atoms with van der Waals surface area (Å²) in [6, 6.07) is 1.78. The molecule has 2 saturated heterocycles. The molecule has 180 valence electrons. The Kier molecular flexibility index (Phi) is 5.36. The van der Waals surface area contributed by atoms with Crippen molar-refractivity contribution in [1.82, 2.24) is 24.7 Å². The van der Waals surface area contributed by atoms with Gasteiger partial charge < -0.3 is 4.90 Å². The number of hydrogen-bond donors (Lipinski definition) is 0. The molecule has 8 nitrogen and oxygen atoms in total. The smallest absolute Gasteiger partial charge is 0.341 e. The maximum Gasteiger partial charge on any atom is 0.416 e. The molecule has 0 unspecified atom stereocenters. The van der Waals surface area contributed by atoms with Crippen LogP contribution in [0.5, 0.6) is 0 Å². The van der Waals surface area contributed by atoms with Crippen LogP contribution in [0.3, 0.4) is 0 Å². The second kappa shape index (κ2) is 8.13. The van der Waals surface area contributed by atoms with Crippen molar-refractivity contribution < 1.29 is 26.7 Å². The molecule has 0 N–H and O–H groups in total. The number of carbonyl (C=O) groups is 1. The van der Waals surface area contributed by atoms with Crippen molar-refractivity contribution in [2.45, 2.75) is 38.4 Å². The minimum atomic E-state index is -4.52. The summed E-state index contributed by atoms with van der Waals surface area (Å²) < 4.78 is 66.0. The molecule has 3 aromatic rings. The van der Waals surface area contributed by atoms with E-state index in [4.69, 9.17) is 0 Å². The minimum absolute atomic E-state index is 0.000191. The summed E-state index contributed by atoms with van der Waals surface area (Å²) in [5.74, 6) is 0.133. The average Bonchev–Trinajstić information content (AvgIpc) is 3.33. The number of anilines is 2. The molecule has 3 aromatic heterocycles. The van der Waals surface area contributed by atoms with Gasteiger partial charge in [-0.1, -0.05) is 0 Å². The van der Waals surface area contributed by atoms with Gasteiger partial charge in [0.15, 0.2) is 5.65 Å². The van der Waals surface area contributed by atoms with E-state index in [1.807, 2.05) is 4.90 Å². The van der Waals surface area contributed by atoms with Crippen LogP contribution in [0.1, 0.15) is 24.8 Å². The first kappa shape index (κ1) is 22.4. The highest BCUT2D eigenvalue weighted by Crippen LogP contribution is 2.43. The van der Waals surface area contributed by atoms with Crippen LogP contribution in [-0.4, -0.2) is 56.7 Å². The van der Waals surface area contributed by atoms with Crippen LogP contribution in [0.4, 0.5) is 33.7 Å². The number of nitrogens with zero attached hydrogens (tertiary/aromatic N) is 7. The van der Waals surface area contributed by atoms with E-state index in [1.165, 1.54) is 17.3 Å². The van der Waals surface area contributed by atoms with E-state index in [9.17, 15) is 26.7 Å². The molecule has 0 radical (unpaired) electrons. The van der Waals surface area contributed by atoms with Gasteiger partial charge in [-0.2, -0.15) is 23.3 Å². The van der Waals surface area contributed by atoms with Gasteiger partial charge in [0.25, 0.3) is 6.43 Å². The number of pyridine rings is 1. The van der Waals surface area contributed by atoms with Crippen molar-refractivity contribution in [2.75, 3.05) is 29.4 Å². The molecule has 0 aliphatic carbocycles. The quantitative estimate of drug-likeness (QED) is 0.531. The summed E-state index contributed by atoms with van der Waals surface area (Å²) in [5, 5.41) is 4.50. The maximum absolute atomic E-state index is 13.1. The lowest BCUT2D eigenvalue weighted by Crippen LogP contribution is -2.42. The summed E-state index contributed by atoms with van der Waals surface area (Å²) in [5.41, 5.74) is -0.909. The molecule has 0 atom stereocenters. The van der Waals surface area contributed by atoms with E-state index in [2.05, 4.69) is 20.1 Å². The first-order valence-electron chi connectivity index (χ1n) is 10.7. The van der Waals surface area contributed by atoms with Gasteiger partial charge in [-0.3, -0.25) is 9.69 Å². The van der Waals surface area contributed by atoms with Gasteiger partial charge >= 0.3 is 6.18 Å². The largest absolute Gasteiger partial charge is 0.416 e. The fourth-order valence-corrected chi connectivity index (χ4v) is 4.64. The van der Waals surface area contributed by atoms with Crippen molar-refractivity contribution >= 4 is 28.7 Å². The fourth-order valence-electron chi connectivity index (χ4n) is 4.64. The molecular weight excluding hydrogens is 461 g/mol. The Morgan fingerprint density at radius 2 is 1.88 bits per heavy atom. The van der Waals surface area contributed by atoms with Gasteiger partial charge in [-0.15, -0.1) is 0 Å². The summed E-state index contributed by atoms with van der Waals surface area (Å²) in [6.07, 6.45) is -1.62. The van der Waals surface area contributed by atoms with Crippen molar-refractivity contribution in [2.24, 2.45) is 5.41 Å². The maximum atomic E-state index is 13.1. The lowest BCUT2D eigenvalue weighted by Gasteiger charge is -2.38. The molecule has 34 heavy (non-hydrogen) atoms. The fraction of sp³-hybridized carbons (Fsp3) is 0.476. The highest BCUT2D eigenvalue weighted by Gasteiger charge is 2.46. The number of fused-ring (bicyclic) bond motifs is 1. The molecule has 5 rings (SSSR count). The SMILES string of the molecule is O=C1CC2(CCN(c3ncc4cnn(CC(F)F)c4n3)CC2)CN1c1cc(C(F)(F)F)ccn1. The van der Waals surface area contributed by atoms with Crippen LogP contribution in [0.15, 0.2) is 30.7 Å². The van der Waals surface area contributed by atoms with Gasteiger partial charge in [0.1, 0.15) is 12.4 Å². The van der Waals surface area contributed by atoms with E-state index in [1.54, 1.807) is 0 Å². The van der Waals surface area contributed by atoms with Gasteiger partial charge in [0.2, 0.25) is 11.9 Å². The molecule has 13 heteroatoms. The summed E-state index contributed by atoms with van der Waals surface area (Å²) in [6.45, 7) is 0.761. The summed E-state index contributed by atoms with van der Waals surface area (Å²) in [4.78, 5) is 28.7. The number of alkyl halides is 5. The monoisotopic (exact) mass is 481 g/mol. The normalized spacial score (nSPS) is 18.6. The minimum Gasteiger partial charge on any atom is -0.341 e. The van der Waals surface area contributed by atoms with Gasteiger partial charge in [-0.25, -0.2) is 23.4 Å². The summed E-state index contributed by atoms with van der Waals surface area (Å²) in [7, 11) is 0. The number of carbonyl (C=O) groups excluding carboxylic acids is 1. The predicted octanol–water partition coefficient (Wildman–Crippen LogP) is 3.53. The van der Waals surface area contributed by atoms with Crippen LogP contribution < -0.4 is 9.80 Å². The molecular formula is C21H20F5N7O. The standard InChI is InChI=1S/C21H20F5N7O/c22-15(23)11-33-18-13(10-29-33)9-28-19(30-18)31-5-2-20(3-6-31)8-17(34)32(12-20)16-7-14(1-4-27-16)21(24,25)26/h1,4,7,9-10,15H,2-3,5-6,8,11-12H2. The Balaban J connectivity index is 1.30. The Hall–Kier alpha value is -3.38. The zero-order valence-electron chi connectivity index (χ0n) is 17.8. The van der Waals surface area contributed by atoms with Crippen LogP contribution in [0, 0.1) is 5.41 Å². The van der Waals surface area contributed by atoms with Crippen molar-refractivity contribution in [3.8, 4) is 0 Å². The van der Waals surface area contributed by atoms with Crippen LogP contribution in [0.25, 0.3) is 11.0 Å². The Morgan fingerprint density at radius 1 is 1.12 bits per heavy atom. The van der Waals surface area contributed by atoms with E-state index >= 15 is 0 Å². The number of piperidine rings is 1. The Labute approximate surface area is 190 Å². The third-order valence-electron chi connectivity index (χ3n) is 6.45. The van der Waals surface area contributed by atoms with Crippen LogP contribution >= 0.6 is 0 Å². The number of halogens is 5. The highest BCUT2D eigenvalue weighted by molar-refractivity contribution is 5.95. The lowest BCUT2D eigenvalue weighted by molar-refractivity contribution is -0.137. The molecule has 2 aliphatic heterocycles. The Bertz CT molecular complexity index is 1220. The highest BCUT2D eigenvalue weighted by atomic mass is 19.4. The molecule has 2 aliphatic rings. The molecule has 2 fully saturated rings. The van der Waals surface area contributed by atoms with Crippen LogP contribution in [0.2, 0.25) is 0 Å². The van der Waals surface area contributed by atoms with Crippen LogP contribution in [-0.2, 0) is 17.5 Å². The third kappa shape index (κ3) is 4.14. The van der Waals surface area contributed by atoms with Gasteiger partial charge in [0, 0.05) is 43.9 Å². The molecule has 0 bridgehead atoms. The summed E-state index contributed by atoms with van der Waals surface area (Å²) >= 11 is 0. The zero-order chi connectivity index (χ0) is 24.1. The van der Waals surface area contributed by atoms with Gasteiger partial charge in [-0.05, 0) is 25.0 Å². The first-order chi connectivity index (χ1) is 16.1. The Morgan fingerprint density at radius 3 is 2.59 bits per heavy atom. The topological polar surface area (TPSA) is 80.0 Å². The molecule has 1 amide bonds. The average molecular weight is 481 g/mol. The van der Waals surface area contributed by atoms with E-state index in [0.29, 0.717) is 42.9 Å². The van der Waals surface area contributed by atoms with Crippen molar-refractivity contribution in [3.05, 3.63) is 36.3 Å². The number of amides is 1. The first-order valence-corrected chi connectivity index (χ1v) is 10.7. The predicted molar refractivity (Wildman–Crippen MR) is 111 cm³/mol.